The largest absolute Gasteiger partial charge is 0.318 e. The SMILES string of the molecule is CN1C=CCN(C)P1(=O)c1ccccc1. The lowest BCUT2D eigenvalue weighted by molar-refractivity contribution is 0.442. The quantitative estimate of drug-likeness (QED) is 0.678. The maximum atomic E-state index is 12.9. The first-order valence-corrected chi connectivity index (χ1v) is 6.54. The Bertz CT molecular complexity index is 416. The maximum absolute atomic E-state index is 12.9. The standard InChI is InChI=1S/C11H15N2OP/c1-12-9-6-10-13(2)15(12,14)11-7-4-3-5-8-11/h3-9H,10H2,1-2H3. The Labute approximate surface area is 90.5 Å². The third-order valence-electron chi connectivity index (χ3n) is 2.67. The van der Waals surface area contributed by atoms with Gasteiger partial charge in [0.15, 0.2) is 0 Å². The maximum Gasteiger partial charge on any atom is 0.268 e. The highest BCUT2D eigenvalue weighted by Gasteiger charge is 2.34. The second kappa shape index (κ2) is 3.84. The van der Waals surface area contributed by atoms with E-state index in [0.29, 0.717) is 0 Å². The Hall–Kier alpha value is -1.05. The summed E-state index contributed by atoms with van der Waals surface area (Å²) in [5.41, 5.74) is 0. The van der Waals surface area contributed by atoms with Crippen LogP contribution in [0.25, 0.3) is 0 Å². The van der Waals surface area contributed by atoms with E-state index in [2.05, 4.69) is 0 Å². The Morgan fingerprint density at radius 2 is 1.87 bits per heavy atom. The summed E-state index contributed by atoms with van der Waals surface area (Å²) in [5.74, 6) is 0. The lowest BCUT2D eigenvalue weighted by atomic mass is 10.4. The minimum absolute atomic E-state index is 0.733. The molecule has 1 atom stereocenters. The first kappa shape index (κ1) is 10.5. The second-order valence-corrected chi connectivity index (χ2v) is 6.60. The van der Waals surface area contributed by atoms with Gasteiger partial charge in [0.1, 0.15) is 0 Å². The van der Waals surface area contributed by atoms with Gasteiger partial charge in [-0.3, -0.25) is 4.57 Å². The first-order valence-electron chi connectivity index (χ1n) is 4.93. The summed E-state index contributed by atoms with van der Waals surface area (Å²) in [6.07, 6.45) is 3.91. The van der Waals surface area contributed by atoms with Crippen molar-refractivity contribution < 1.29 is 4.57 Å². The van der Waals surface area contributed by atoms with E-state index < -0.39 is 7.44 Å². The topological polar surface area (TPSA) is 23.6 Å². The third-order valence-corrected chi connectivity index (χ3v) is 5.72. The zero-order valence-corrected chi connectivity index (χ0v) is 9.89. The van der Waals surface area contributed by atoms with Crippen molar-refractivity contribution in [3.63, 3.8) is 0 Å². The Balaban J connectivity index is 2.50. The van der Waals surface area contributed by atoms with Gasteiger partial charge in [-0.25, -0.2) is 4.67 Å². The summed E-state index contributed by atoms with van der Waals surface area (Å²) in [7, 11) is 1.19. The number of nitrogens with zero attached hydrogens (tertiary/aromatic N) is 2. The van der Waals surface area contributed by atoms with E-state index in [9.17, 15) is 4.57 Å². The average Bonchev–Trinajstić information content (AvgIpc) is 2.27. The van der Waals surface area contributed by atoms with Crippen LogP contribution in [0, 0.1) is 0 Å². The zero-order valence-electron chi connectivity index (χ0n) is 9.00. The van der Waals surface area contributed by atoms with Gasteiger partial charge in [0.05, 0.1) is 0 Å². The van der Waals surface area contributed by atoms with Crippen LogP contribution in [0.1, 0.15) is 0 Å². The normalized spacial score (nSPS) is 26.9. The summed E-state index contributed by atoms with van der Waals surface area (Å²) in [6, 6.07) is 9.64. The van der Waals surface area contributed by atoms with Crippen molar-refractivity contribution in [2.24, 2.45) is 0 Å². The fraction of sp³-hybridized carbons (Fsp3) is 0.273. The molecule has 0 fully saturated rings. The predicted octanol–water partition coefficient (Wildman–Crippen LogP) is 1.90. The lowest BCUT2D eigenvalue weighted by Crippen LogP contribution is -2.33. The molecule has 1 unspecified atom stereocenters. The molecule has 0 N–H and O–H groups in total. The fourth-order valence-corrected chi connectivity index (χ4v) is 4.19. The third kappa shape index (κ3) is 1.62. The van der Waals surface area contributed by atoms with Crippen molar-refractivity contribution in [3.05, 3.63) is 42.6 Å². The summed E-state index contributed by atoms with van der Waals surface area (Å²) >= 11 is 0. The van der Waals surface area contributed by atoms with Gasteiger partial charge in [0.25, 0.3) is 7.44 Å². The fourth-order valence-electron chi connectivity index (χ4n) is 1.80. The number of benzene rings is 1. The highest BCUT2D eigenvalue weighted by molar-refractivity contribution is 7.67. The molecule has 1 aliphatic rings. The number of rotatable bonds is 1. The molecule has 1 aromatic carbocycles. The minimum atomic E-state index is -2.57. The van der Waals surface area contributed by atoms with Crippen LogP contribution in [0.3, 0.4) is 0 Å². The van der Waals surface area contributed by atoms with Crippen LogP contribution < -0.4 is 5.30 Å². The van der Waals surface area contributed by atoms with E-state index in [-0.39, 0.29) is 0 Å². The second-order valence-electron chi connectivity index (χ2n) is 3.68. The highest BCUT2D eigenvalue weighted by atomic mass is 31.2. The van der Waals surface area contributed by atoms with Gasteiger partial charge < -0.3 is 4.67 Å². The van der Waals surface area contributed by atoms with Crippen LogP contribution in [-0.2, 0) is 4.57 Å². The van der Waals surface area contributed by atoms with Crippen LogP contribution >= 0.6 is 7.44 Å². The van der Waals surface area contributed by atoms with Gasteiger partial charge in [-0.1, -0.05) is 24.3 Å². The van der Waals surface area contributed by atoms with Gasteiger partial charge in [-0.15, -0.1) is 0 Å². The Morgan fingerprint density at radius 1 is 1.20 bits per heavy atom. The number of hydrogen-bond acceptors (Lipinski definition) is 1. The van der Waals surface area contributed by atoms with E-state index in [0.717, 1.165) is 11.8 Å². The summed E-state index contributed by atoms with van der Waals surface area (Å²) in [4.78, 5) is 0. The molecule has 1 aromatic rings. The highest BCUT2D eigenvalue weighted by Crippen LogP contribution is 2.51. The van der Waals surface area contributed by atoms with Crippen LogP contribution in [0.4, 0.5) is 0 Å². The molecule has 0 saturated carbocycles. The van der Waals surface area contributed by atoms with E-state index in [4.69, 9.17) is 0 Å². The van der Waals surface area contributed by atoms with Crippen LogP contribution in [0.2, 0.25) is 0 Å². The summed E-state index contributed by atoms with van der Waals surface area (Å²) < 4.78 is 16.6. The Morgan fingerprint density at radius 3 is 2.47 bits per heavy atom. The van der Waals surface area contributed by atoms with E-state index in [1.165, 1.54) is 0 Å². The van der Waals surface area contributed by atoms with Gasteiger partial charge in [-0.05, 0) is 19.2 Å². The predicted molar refractivity (Wildman–Crippen MR) is 63.2 cm³/mol. The van der Waals surface area contributed by atoms with Crippen molar-refractivity contribution in [2.75, 3.05) is 20.6 Å². The van der Waals surface area contributed by atoms with Gasteiger partial charge >= 0.3 is 0 Å². The average molecular weight is 222 g/mol. The summed E-state index contributed by atoms with van der Waals surface area (Å²) in [6.45, 7) is 0.733. The van der Waals surface area contributed by atoms with Crippen molar-refractivity contribution in [1.29, 1.82) is 0 Å². The molecule has 0 amide bonds. The Kier molecular flexibility index (Phi) is 2.68. The van der Waals surface area contributed by atoms with Crippen molar-refractivity contribution in [1.82, 2.24) is 9.34 Å². The van der Waals surface area contributed by atoms with E-state index in [1.54, 1.807) is 0 Å². The number of hydrogen-bond donors (Lipinski definition) is 0. The van der Waals surface area contributed by atoms with E-state index in [1.807, 2.05) is 66.0 Å². The molecule has 0 spiro atoms. The van der Waals surface area contributed by atoms with Crippen LogP contribution in [-0.4, -0.2) is 30.0 Å². The molecular formula is C11H15N2OP. The molecule has 4 heteroatoms. The lowest BCUT2D eigenvalue weighted by Gasteiger charge is -2.37. The minimum Gasteiger partial charge on any atom is -0.318 e. The molecule has 15 heavy (non-hydrogen) atoms. The molecule has 1 aliphatic heterocycles. The summed E-state index contributed by atoms with van der Waals surface area (Å²) in [5, 5.41) is 0.888. The molecule has 3 nitrogen and oxygen atoms in total. The van der Waals surface area contributed by atoms with Gasteiger partial charge in [-0.2, -0.15) is 0 Å². The monoisotopic (exact) mass is 222 g/mol. The van der Waals surface area contributed by atoms with Gasteiger partial charge in [0, 0.05) is 25.1 Å². The van der Waals surface area contributed by atoms with Gasteiger partial charge in [0.2, 0.25) is 0 Å². The molecule has 0 aliphatic carbocycles. The molecule has 2 rings (SSSR count). The molecule has 0 aromatic heterocycles. The molecule has 0 radical (unpaired) electrons. The van der Waals surface area contributed by atoms with Crippen molar-refractivity contribution in [3.8, 4) is 0 Å². The van der Waals surface area contributed by atoms with Crippen LogP contribution in [0.5, 0.6) is 0 Å². The first-order chi connectivity index (χ1) is 7.15. The van der Waals surface area contributed by atoms with Crippen molar-refractivity contribution in [2.45, 2.75) is 0 Å². The van der Waals surface area contributed by atoms with Crippen molar-refractivity contribution >= 4 is 12.7 Å². The van der Waals surface area contributed by atoms with E-state index >= 15 is 0 Å². The molecule has 0 bridgehead atoms. The zero-order chi connectivity index (χ0) is 10.9. The molecule has 80 valence electrons. The number of likely N-dealkylation sites (N-methyl/N-ethyl adjacent to an activating group) is 1. The van der Waals surface area contributed by atoms with Crippen LogP contribution in [0.15, 0.2) is 42.6 Å². The molecule has 1 heterocycles. The molecular weight excluding hydrogens is 207 g/mol. The smallest absolute Gasteiger partial charge is 0.268 e. The molecule has 0 saturated heterocycles.